The zero-order valence-corrected chi connectivity index (χ0v) is 8.76. The number of rotatable bonds is 3. The monoisotopic (exact) mass is 214 g/mol. The molecule has 0 aliphatic carbocycles. The summed E-state index contributed by atoms with van der Waals surface area (Å²) in [7, 11) is 2.95. The van der Waals surface area contributed by atoms with Gasteiger partial charge in [0.2, 0.25) is 0 Å². The van der Waals surface area contributed by atoms with Crippen LogP contribution in [0.1, 0.15) is 5.56 Å². The van der Waals surface area contributed by atoms with Gasteiger partial charge < -0.3 is 14.6 Å². The molecule has 0 heterocycles. The van der Waals surface area contributed by atoms with E-state index in [9.17, 15) is 5.11 Å². The maximum atomic E-state index is 9.57. The van der Waals surface area contributed by atoms with Crippen molar-refractivity contribution in [2.24, 2.45) is 0 Å². The predicted molar refractivity (Wildman–Crippen MR) is 55.7 cm³/mol. The van der Waals surface area contributed by atoms with Crippen molar-refractivity contribution < 1.29 is 14.6 Å². The lowest BCUT2D eigenvalue weighted by atomic mass is 10.1. The summed E-state index contributed by atoms with van der Waals surface area (Å²) in [5.41, 5.74) is 0.457. The van der Waals surface area contributed by atoms with Gasteiger partial charge in [-0.1, -0.05) is 18.2 Å². The third-order valence-corrected chi connectivity index (χ3v) is 2.11. The number of phenolic OH excluding ortho intramolecular Hbond substituents is 1. The predicted octanol–water partition coefficient (Wildman–Crippen LogP) is 2.67. The first kappa shape index (κ1) is 10.7. The number of halogens is 1. The van der Waals surface area contributed by atoms with E-state index in [1.165, 1.54) is 20.3 Å². The van der Waals surface area contributed by atoms with Crippen molar-refractivity contribution in [1.82, 2.24) is 0 Å². The van der Waals surface area contributed by atoms with Crippen LogP contribution in [-0.2, 0) is 4.74 Å². The van der Waals surface area contributed by atoms with Crippen LogP contribution in [0.5, 0.6) is 11.5 Å². The van der Waals surface area contributed by atoms with Crippen molar-refractivity contribution in [2.75, 3.05) is 14.2 Å². The molecular formula is C10H11ClO3. The lowest BCUT2D eigenvalue weighted by molar-refractivity contribution is 0.366. The Hall–Kier alpha value is -1.35. The molecule has 0 aromatic heterocycles. The van der Waals surface area contributed by atoms with Crippen LogP contribution in [0.4, 0.5) is 0 Å². The Morgan fingerprint density at radius 1 is 1.43 bits per heavy atom. The Morgan fingerprint density at radius 2 is 2.07 bits per heavy atom. The van der Waals surface area contributed by atoms with Gasteiger partial charge in [-0.15, -0.1) is 0 Å². The molecule has 0 atom stereocenters. The van der Waals surface area contributed by atoms with Crippen LogP contribution in [0.25, 0.3) is 5.76 Å². The third kappa shape index (κ3) is 1.93. The van der Waals surface area contributed by atoms with Crippen LogP contribution >= 0.6 is 11.6 Å². The number of hydrogen-bond donors (Lipinski definition) is 1. The maximum Gasteiger partial charge on any atom is 0.141 e. The fourth-order valence-electron chi connectivity index (χ4n) is 1.03. The summed E-state index contributed by atoms with van der Waals surface area (Å²) in [6.45, 7) is 3.62. The first-order valence-electron chi connectivity index (χ1n) is 3.90. The highest BCUT2D eigenvalue weighted by atomic mass is 35.5. The van der Waals surface area contributed by atoms with E-state index >= 15 is 0 Å². The molecule has 0 radical (unpaired) electrons. The van der Waals surface area contributed by atoms with Gasteiger partial charge in [-0.05, 0) is 6.07 Å². The van der Waals surface area contributed by atoms with Crippen LogP contribution < -0.4 is 4.74 Å². The second kappa shape index (κ2) is 4.24. The third-order valence-electron chi connectivity index (χ3n) is 1.82. The Bertz CT molecular complexity index is 361. The number of benzene rings is 1. The van der Waals surface area contributed by atoms with Crippen molar-refractivity contribution in [1.29, 1.82) is 0 Å². The quantitative estimate of drug-likeness (QED) is 0.787. The second-order valence-electron chi connectivity index (χ2n) is 2.63. The molecule has 0 aliphatic rings. The van der Waals surface area contributed by atoms with Crippen LogP contribution in [0.3, 0.4) is 0 Å². The number of phenols is 1. The molecule has 1 aromatic rings. The molecule has 76 valence electrons. The number of hydrogen-bond acceptors (Lipinski definition) is 3. The zero-order valence-electron chi connectivity index (χ0n) is 8.00. The first-order chi connectivity index (χ1) is 6.60. The Kier molecular flexibility index (Phi) is 3.25. The molecule has 0 amide bonds. The van der Waals surface area contributed by atoms with E-state index in [-0.39, 0.29) is 5.75 Å². The lowest BCUT2D eigenvalue weighted by Crippen LogP contribution is -1.90. The Labute approximate surface area is 87.5 Å². The minimum absolute atomic E-state index is 0.0260. The van der Waals surface area contributed by atoms with Crippen LogP contribution in [-0.4, -0.2) is 19.3 Å². The molecule has 3 nitrogen and oxygen atoms in total. The molecule has 4 heteroatoms. The van der Waals surface area contributed by atoms with Gasteiger partial charge in [0.1, 0.15) is 17.3 Å². The average molecular weight is 215 g/mol. The molecule has 0 unspecified atom stereocenters. The summed E-state index contributed by atoms with van der Waals surface area (Å²) < 4.78 is 9.82. The Balaban J connectivity index is 3.21. The van der Waals surface area contributed by atoms with Crippen LogP contribution in [0, 0.1) is 0 Å². The van der Waals surface area contributed by atoms with Crippen molar-refractivity contribution in [3.05, 3.63) is 29.3 Å². The summed E-state index contributed by atoms with van der Waals surface area (Å²) in [4.78, 5) is 0. The largest absolute Gasteiger partial charge is 0.507 e. The smallest absolute Gasteiger partial charge is 0.141 e. The van der Waals surface area contributed by atoms with Gasteiger partial charge >= 0.3 is 0 Å². The van der Waals surface area contributed by atoms with Crippen molar-refractivity contribution in [3.63, 3.8) is 0 Å². The molecular weight excluding hydrogens is 204 g/mol. The number of methoxy groups -OCH3 is 2. The standard InChI is InChI=1S/C10H11ClO3/c1-6(13-2)7-4-8(11)10(14-3)5-9(7)12/h4-5,12H,1H2,2-3H3. The van der Waals surface area contributed by atoms with E-state index < -0.39 is 0 Å². The fraction of sp³-hybridized carbons (Fsp3) is 0.200. The van der Waals surface area contributed by atoms with Gasteiger partial charge in [-0.3, -0.25) is 0 Å². The fourth-order valence-corrected chi connectivity index (χ4v) is 1.27. The summed E-state index contributed by atoms with van der Waals surface area (Å²) in [6, 6.07) is 2.96. The molecule has 0 aliphatic heterocycles. The van der Waals surface area contributed by atoms with Crippen molar-refractivity contribution >= 4 is 17.4 Å². The van der Waals surface area contributed by atoms with Crippen molar-refractivity contribution in [3.8, 4) is 11.5 Å². The zero-order chi connectivity index (χ0) is 10.7. The summed E-state index contributed by atoms with van der Waals surface area (Å²) in [6.07, 6.45) is 0. The molecule has 0 spiro atoms. The van der Waals surface area contributed by atoms with Gasteiger partial charge in [-0.25, -0.2) is 0 Å². The van der Waals surface area contributed by atoms with E-state index in [1.807, 2.05) is 0 Å². The molecule has 0 saturated carbocycles. The minimum Gasteiger partial charge on any atom is -0.507 e. The van der Waals surface area contributed by atoms with Crippen molar-refractivity contribution in [2.45, 2.75) is 0 Å². The molecule has 0 fully saturated rings. The van der Waals surface area contributed by atoms with Crippen LogP contribution in [0.2, 0.25) is 5.02 Å². The highest BCUT2D eigenvalue weighted by Gasteiger charge is 2.10. The van der Waals surface area contributed by atoms with Gasteiger partial charge in [0.25, 0.3) is 0 Å². The summed E-state index contributed by atoms with van der Waals surface area (Å²) in [5.74, 6) is 0.793. The van der Waals surface area contributed by atoms with Crippen LogP contribution in [0.15, 0.2) is 18.7 Å². The second-order valence-corrected chi connectivity index (χ2v) is 3.04. The van der Waals surface area contributed by atoms with Gasteiger partial charge in [0, 0.05) is 6.07 Å². The minimum atomic E-state index is 0.0260. The van der Waals surface area contributed by atoms with E-state index in [0.29, 0.717) is 22.1 Å². The topological polar surface area (TPSA) is 38.7 Å². The van der Waals surface area contributed by atoms with Gasteiger partial charge in [0.15, 0.2) is 0 Å². The first-order valence-corrected chi connectivity index (χ1v) is 4.27. The molecule has 0 saturated heterocycles. The van der Waals surface area contributed by atoms with Gasteiger partial charge in [-0.2, -0.15) is 0 Å². The number of ether oxygens (including phenoxy) is 2. The number of aromatic hydroxyl groups is 1. The molecule has 1 N–H and O–H groups in total. The molecule has 1 aromatic carbocycles. The highest BCUT2D eigenvalue weighted by molar-refractivity contribution is 6.32. The van der Waals surface area contributed by atoms with E-state index in [4.69, 9.17) is 21.1 Å². The maximum absolute atomic E-state index is 9.57. The van der Waals surface area contributed by atoms with E-state index in [0.717, 1.165) is 0 Å². The SMILES string of the molecule is C=C(OC)c1cc(Cl)c(OC)cc1O. The summed E-state index contributed by atoms with van der Waals surface area (Å²) in [5, 5.41) is 9.97. The molecule has 1 rings (SSSR count). The average Bonchev–Trinajstić information content (AvgIpc) is 2.19. The van der Waals surface area contributed by atoms with E-state index in [2.05, 4.69) is 6.58 Å². The molecule has 0 bridgehead atoms. The highest BCUT2D eigenvalue weighted by Crippen LogP contribution is 2.34. The normalized spacial score (nSPS) is 9.64. The molecule has 14 heavy (non-hydrogen) atoms. The lowest BCUT2D eigenvalue weighted by Gasteiger charge is -2.09. The van der Waals surface area contributed by atoms with Gasteiger partial charge in [0.05, 0.1) is 24.8 Å². The van der Waals surface area contributed by atoms with E-state index in [1.54, 1.807) is 6.07 Å². The summed E-state index contributed by atoms with van der Waals surface area (Å²) >= 11 is 5.87. The Morgan fingerprint density at radius 3 is 2.57 bits per heavy atom.